The second kappa shape index (κ2) is 6.58. The molecule has 2 bridgehead atoms. The lowest BCUT2D eigenvalue weighted by Gasteiger charge is -2.61. The van der Waals surface area contributed by atoms with Crippen molar-refractivity contribution >= 4 is 0 Å². The van der Waals surface area contributed by atoms with Gasteiger partial charge >= 0.3 is 0 Å². The van der Waals surface area contributed by atoms with Crippen molar-refractivity contribution in [3.8, 4) is 0 Å². The largest absolute Gasteiger partial charge is 0.384 e. The molecular formula is C19H36O2. The van der Waals surface area contributed by atoms with Gasteiger partial charge in [-0.2, -0.15) is 0 Å². The summed E-state index contributed by atoms with van der Waals surface area (Å²) in [6, 6.07) is 0. The highest BCUT2D eigenvalue weighted by atomic mass is 16.5. The Hall–Kier alpha value is -0.0800. The van der Waals surface area contributed by atoms with Gasteiger partial charge in [-0.3, -0.25) is 0 Å². The predicted molar refractivity (Wildman–Crippen MR) is 88.4 cm³/mol. The van der Waals surface area contributed by atoms with Gasteiger partial charge in [0, 0.05) is 19.6 Å². The van der Waals surface area contributed by atoms with E-state index in [0.717, 1.165) is 31.0 Å². The van der Waals surface area contributed by atoms with Gasteiger partial charge in [0.1, 0.15) is 0 Å². The summed E-state index contributed by atoms with van der Waals surface area (Å²) < 4.78 is 11.2. The molecule has 3 saturated carbocycles. The first-order chi connectivity index (χ1) is 9.84. The molecule has 0 aromatic carbocycles. The van der Waals surface area contributed by atoms with Gasteiger partial charge in [0.2, 0.25) is 0 Å². The van der Waals surface area contributed by atoms with Gasteiger partial charge in [-0.1, -0.05) is 27.7 Å². The van der Waals surface area contributed by atoms with Gasteiger partial charge in [-0.05, 0) is 61.2 Å². The number of methoxy groups -OCH3 is 2. The Morgan fingerprint density at radius 1 is 1.10 bits per heavy atom. The first-order valence-electron chi connectivity index (χ1n) is 8.82. The van der Waals surface area contributed by atoms with Crippen LogP contribution < -0.4 is 0 Å². The van der Waals surface area contributed by atoms with E-state index < -0.39 is 0 Å². The fraction of sp³-hybridized carbons (Fsp3) is 1.00. The van der Waals surface area contributed by atoms with Crippen molar-refractivity contribution in [2.45, 2.75) is 59.8 Å². The first kappa shape index (κ1) is 17.3. The molecule has 0 radical (unpaired) electrons. The molecule has 3 aliphatic carbocycles. The van der Waals surface area contributed by atoms with E-state index in [1.165, 1.54) is 32.1 Å². The fourth-order valence-corrected chi connectivity index (χ4v) is 5.60. The second-order valence-electron chi connectivity index (χ2n) is 8.87. The van der Waals surface area contributed by atoms with Gasteiger partial charge in [0.05, 0.1) is 13.2 Å². The summed E-state index contributed by atoms with van der Waals surface area (Å²) in [6.07, 6.45) is 6.82. The van der Waals surface area contributed by atoms with Crippen LogP contribution in [0, 0.1) is 34.5 Å². The molecule has 3 unspecified atom stereocenters. The van der Waals surface area contributed by atoms with Gasteiger partial charge in [0.25, 0.3) is 0 Å². The summed E-state index contributed by atoms with van der Waals surface area (Å²) in [7, 11) is 3.68. The van der Waals surface area contributed by atoms with Crippen LogP contribution in [0.2, 0.25) is 0 Å². The molecule has 2 nitrogen and oxygen atoms in total. The Bertz CT molecular complexity index is 326. The molecule has 0 aromatic rings. The van der Waals surface area contributed by atoms with Crippen molar-refractivity contribution in [2.75, 3.05) is 27.4 Å². The summed E-state index contributed by atoms with van der Waals surface area (Å²) in [5.41, 5.74) is 0.785. The normalized spacial score (nSPS) is 31.3. The van der Waals surface area contributed by atoms with Crippen LogP contribution >= 0.6 is 0 Å². The number of rotatable bonds is 8. The molecule has 2 heteroatoms. The predicted octanol–water partition coefficient (Wildman–Crippen LogP) is 4.77. The summed E-state index contributed by atoms with van der Waals surface area (Å²) in [5.74, 6) is 3.48. The fourth-order valence-electron chi connectivity index (χ4n) is 5.60. The minimum atomic E-state index is 0.209. The average molecular weight is 296 g/mol. The van der Waals surface area contributed by atoms with Crippen molar-refractivity contribution in [3.63, 3.8) is 0 Å². The van der Waals surface area contributed by atoms with E-state index >= 15 is 0 Å². The third-order valence-electron chi connectivity index (χ3n) is 6.44. The first-order valence-corrected chi connectivity index (χ1v) is 8.82. The van der Waals surface area contributed by atoms with Crippen LogP contribution in [0.25, 0.3) is 0 Å². The van der Waals surface area contributed by atoms with Gasteiger partial charge in [-0.15, -0.1) is 0 Å². The highest BCUT2D eigenvalue weighted by Gasteiger charge is 2.55. The van der Waals surface area contributed by atoms with Crippen molar-refractivity contribution in [1.29, 1.82) is 0 Å². The standard InChI is InChI=1S/C19H36O2/c1-14(2)10-19(12-20-5,13-21-6)11-15-7-8-16-9-17(15)18(16,3)4/h14-17H,7-13H2,1-6H3. The van der Waals surface area contributed by atoms with Crippen molar-refractivity contribution in [3.05, 3.63) is 0 Å². The van der Waals surface area contributed by atoms with Crippen molar-refractivity contribution in [1.82, 2.24) is 0 Å². The molecule has 0 aliphatic heterocycles. The lowest BCUT2D eigenvalue weighted by atomic mass is 9.44. The van der Waals surface area contributed by atoms with E-state index in [1.807, 2.05) is 14.2 Å². The lowest BCUT2D eigenvalue weighted by molar-refractivity contribution is -0.127. The highest BCUT2D eigenvalue weighted by molar-refractivity contribution is 5.04. The highest BCUT2D eigenvalue weighted by Crippen LogP contribution is 2.63. The van der Waals surface area contributed by atoms with Crippen LogP contribution in [0.5, 0.6) is 0 Å². The van der Waals surface area contributed by atoms with Crippen molar-refractivity contribution in [2.24, 2.45) is 34.5 Å². The molecule has 0 amide bonds. The molecule has 0 spiro atoms. The summed E-state index contributed by atoms with van der Waals surface area (Å²) >= 11 is 0. The molecular weight excluding hydrogens is 260 g/mol. The smallest absolute Gasteiger partial charge is 0.0540 e. The Balaban J connectivity index is 2.09. The van der Waals surface area contributed by atoms with E-state index in [0.29, 0.717) is 11.3 Å². The Labute approximate surface area is 132 Å². The molecule has 21 heavy (non-hydrogen) atoms. The van der Waals surface area contributed by atoms with E-state index in [-0.39, 0.29) is 5.41 Å². The molecule has 0 aromatic heterocycles. The number of fused-ring (bicyclic) bond motifs is 2. The Morgan fingerprint density at radius 3 is 2.14 bits per heavy atom. The molecule has 124 valence electrons. The van der Waals surface area contributed by atoms with Crippen molar-refractivity contribution < 1.29 is 9.47 Å². The Morgan fingerprint density at radius 2 is 1.71 bits per heavy atom. The van der Waals surface area contributed by atoms with Crippen LogP contribution in [0.15, 0.2) is 0 Å². The van der Waals surface area contributed by atoms with E-state index in [1.54, 1.807) is 0 Å². The zero-order chi connectivity index (χ0) is 15.7. The van der Waals surface area contributed by atoms with E-state index in [4.69, 9.17) is 9.47 Å². The topological polar surface area (TPSA) is 18.5 Å². The summed E-state index contributed by atoms with van der Waals surface area (Å²) in [4.78, 5) is 0. The molecule has 3 fully saturated rings. The second-order valence-corrected chi connectivity index (χ2v) is 8.87. The van der Waals surface area contributed by atoms with Gasteiger partial charge in [-0.25, -0.2) is 0 Å². The lowest BCUT2D eigenvalue weighted by Crippen LogP contribution is -2.53. The maximum Gasteiger partial charge on any atom is 0.0540 e. The van der Waals surface area contributed by atoms with Crippen LogP contribution in [0.1, 0.15) is 59.8 Å². The zero-order valence-electron chi connectivity index (χ0n) is 15.1. The Kier molecular flexibility index (Phi) is 5.41. The number of hydrogen-bond donors (Lipinski definition) is 0. The molecule has 3 rings (SSSR count). The average Bonchev–Trinajstić information content (AvgIpc) is 2.38. The minimum Gasteiger partial charge on any atom is -0.384 e. The number of hydrogen-bond acceptors (Lipinski definition) is 2. The number of ether oxygens (including phenoxy) is 2. The molecule has 3 aliphatic rings. The summed E-state index contributed by atoms with van der Waals surface area (Å²) in [5, 5.41) is 0. The molecule has 0 heterocycles. The summed E-state index contributed by atoms with van der Waals surface area (Å²) in [6.45, 7) is 11.3. The SMILES string of the molecule is COCC(COC)(CC(C)C)CC1CCC2CC1C2(C)C. The third-order valence-corrected chi connectivity index (χ3v) is 6.44. The molecule has 0 N–H and O–H groups in total. The maximum absolute atomic E-state index is 5.62. The zero-order valence-corrected chi connectivity index (χ0v) is 15.1. The monoisotopic (exact) mass is 296 g/mol. The van der Waals surface area contributed by atoms with Crippen LogP contribution in [0.3, 0.4) is 0 Å². The molecule has 3 atom stereocenters. The maximum atomic E-state index is 5.62. The van der Waals surface area contributed by atoms with E-state index in [2.05, 4.69) is 27.7 Å². The van der Waals surface area contributed by atoms with Gasteiger partial charge < -0.3 is 9.47 Å². The van der Waals surface area contributed by atoms with Crippen LogP contribution in [-0.2, 0) is 9.47 Å². The third kappa shape index (κ3) is 3.47. The van der Waals surface area contributed by atoms with Crippen LogP contribution in [-0.4, -0.2) is 27.4 Å². The van der Waals surface area contributed by atoms with E-state index in [9.17, 15) is 0 Å². The van der Waals surface area contributed by atoms with Crippen LogP contribution in [0.4, 0.5) is 0 Å². The van der Waals surface area contributed by atoms with Gasteiger partial charge in [0.15, 0.2) is 0 Å². The molecule has 0 saturated heterocycles. The minimum absolute atomic E-state index is 0.209. The quantitative estimate of drug-likeness (QED) is 0.642.